The highest BCUT2D eigenvalue weighted by atomic mass is 35.5. The lowest BCUT2D eigenvalue weighted by atomic mass is 9.77. The average Bonchev–Trinajstić information content (AvgIpc) is 3.06. The van der Waals surface area contributed by atoms with Crippen molar-refractivity contribution in [1.82, 2.24) is 10.3 Å². The number of nitrogens with one attached hydrogen (secondary N) is 2. The Morgan fingerprint density at radius 2 is 2.05 bits per heavy atom. The van der Waals surface area contributed by atoms with Gasteiger partial charge in [0.15, 0.2) is 0 Å². The zero-order valence-electron chi connectivity index (χ0n) is 11.8. The monoisotopic (exact) mass is 303 g/mol. The number of fused-ring (bicyclic) bond motifs is 1. The van der Waals surface area contributed by atoms with Gasteiger partial charge in [-0.05, 0) is 36.5 Å². The van der Waals surface area contributed by atoms with Crippen LogP contribution < -0.4 is 10.2 Å². The van der Waals surface area contributed by atoms with Crippen molar-refractivity contribution < 1.29 is 4.79 Å². The fraction of sp³-hybridized carbons (Fsp3) is 0.438. The molecule has 0 bridgehead atoms. The van der Waals surface area contributed by atoms with Crippen molar-refractivity contribution in [1.29, 1.82) is 0 Å². The summed E-state index contributed by atoms with van der Waals surface area (Å²) < 4.78 is 0. The molecule has 2 aliphatic heterocycles. The Labute approximate surface area is 128 Å². The Morgan fingerprint density at radius 1 is 1.24 bits per heavy atom. The standard InChI is InChI=1S/C16H18ClN3O/c17-11-7-13-12(1-4-18-13)14(8-11)20-5-2-16(3-6-20)9-15(21)19-10-16/h1,4,7-8,18H,2-3,5-6,9-10H2,(H,19,21). The van der Waals surface area contributed by atoms with Crippen LogP contribution in [-0.2, 0) is 4.79 Å². The van der Waals surface area contributed by atoms with Crippen molar-refractivity contribution in [2.75, 3.05) is 24.5 Å². The number of aromatic nitrogens is 1. The molecule has 4 rings (SSSR count). The van der Waals surface area contributed by atoms with Gasteiger partial charge in [-0.15, -0.1) is 0 Å². The summed E-state index contributed by atoms with van der Waals surface area (Å²) in [6.45, 7) is 2.81. The third-order valence-electron chi connectivity index (χ3n) is 4.97. The molecule has 0 aliphatic carbocycles. The van der Waals surface area contributed by atoms with Crippen molar-refractivity contribution in [2.45, 2.75) is 19.3 Å². The van der Waals surface area contributed by atoms with Crippen molar-refractivity contribution in [2.24, 2.45) is 5.41 Å². The summed E-state index contributed by atoms with van der Waals surface area (Å²) in [6.07, 6.45) is 4.76. The quantitative estimate of drug-likeness (QED) is 0.851. The fourth-order valence-corrected chi connectivity index (χ4v) is 3.91. The zero-order chi connectivity index (χ0) is 14.4. The number of amides is 1. The van der Waals surface area contributed by atoms with Gasteiger partial charge >= 0.3 is 0 Å². The van der Waals surface area contributed by atoms with E-state index in [2.05, 4.69) is 21.3 Å². The molecule has 5 heteroatoms. The van der Waals surface area contributed by atoms with Crippen LogP contribution in [0, 0.1) is 5.41 Å². The SMILES string of the molecule is O=C1CC2(CCN(c3cc(Cl)cc4[nH]ccc34)CC2)CN1. The number of H-pyrrole nitrogens is 1. The first-order valence-electron chi connectivity index (χ1n) is 7.44. The summed E-state index contributed by atoms with van der Waals surface area (Å²) in [4.78, 5) is 17.1. The number of aromatic amines is 1. The highest BCUT2D eigenvalue weighted by molar-refractivity contribution is 6.31. The van der Waals surface area contributed by atoms with Crippen molar-refractivity contribution in [3.63, 3.8) is 0 Å². The number of piperidine rings is 1. The van der Waals surface area contributed by atoms with Crippen LogP contribution in [0.4, 0.5) is 5.69 Å². The van der Waals surface area contributed by atoms with E-state index >= 15 is 0 Å². The first-order valence-corrected chi connectivity index (χ1v) is 7.81. The van der Waals surface area contributed by atoms with E-state index in [4.69, 9.17) is 11.6 Å². The van der Waals surface area contributed by atoms with Gasteiger partial charge in [0.2, 0.25) is 5.91 Å². The normalized spacial score (nSPS) is 21.2. The minimum absolute atomic E-state index is 0.184. The molecule has 2 fully saturated rings. The summed E-state index contributed by atoms with van der Waals surface area (Å²) in [5, 5.41) is 4.97. The van der Waals surface area contributed by atoms with Gasteiger partial charge in [-0.1, -0.05) is 11.6 Å². The molecule has 2 N–H and O–H groups in total. The number of halogens is 1. The van der Waals surface area contributed by atoms with Gasteiger partial charge in [-0.2, -0.15) is 0 Å². The van der Waals surface area contributed by atoms with Crippen LogP contribution in [0.25, 0.3) is 10.9 Å². The first kappa shape index (κ1) is 13.0. The number of hydrogen-bond acceptors (Lipinski definition) is 2. The maximum Gasteiger partial charge on any atom is 0.220 e. The summed E-state index contributed by atoms with van der Waals surface area (Å²) in [5.41, 5.74) is 2.46. The molecule has 3 heterocycles. The van der Waals surface area contributed by atoms with E-state index in [-0.39, 0.29) is 11.3 Å². The third-order valence-corrected chi connectivity index (χ3v) is 5.19. The summed E-state index contributed by atoms with van der Waals surface area (Å²) >= 11 is 6.24. The van der Waals surface area contributed by atoms with Crippen molar-refractivity contribution >= 4 is 34.1 Å². The number of anilines is 1. The van der Waals surface area contributed by atoms with E-state index in [0.717, 1.165) is 43.0 Å². The number of hydrogen-bond donors (Lipinski definition) is 2. The van der Waals surface area contributed by atoms with E-state index in [9.17, 15) is 4.79 Å². The van der Waals surface area contributed by atoms with Gasteiger partial charge in [0.05, 0.1) is 0 Å². The summed E-state index contributed by atoms with van der Waals surface area (Å²) in [6, 6.07) is 6.12. The van der Waals surface area contributed by atoms with Crippen LogP contribution in [-0.4, -0.2) is 30.5 Å². The average molecular weight is 304 g/mol. The molecular weight excluding hydrogens is 286 g/mol. The lowest BCUT2D eigenvalue weighted by molar-refractivity contribution is -0.119. The second-order valence-corrected chi connectivity index (χ2v) is 6.74. The molecule has 2 aliphatic rings. The second-order valence-electron chi connectivity index (χ2n) is 6.30. The van der Waals surface area contributed by atoms with E-state index in [1.807, 2.05) is 18.3 Å². The molecule has 110 valence electrons. The first-order chi connectivity index (χ1) is 10.2. The molecule has 4 nitrogen and oxygen atoms in total. The van der Waals surface area contributed by atoms with Crippen LogP contribution in [0.15, 0.2) is 24.4 Å². The largest absolute Gasteiger partial charge is 0.371 e. The van der Waals surface area contributed by atoms with Gasteiger partial charge < -0.3 is 15.2 Å². The molecule has 2 saturated heterocycles. The summed E-state index contributed by atoms with van der Waals surface area (Å²) in [7, 11) is 0. The lowest BCUT2D eigenvalue weighted by Gasteiger charge is -2.39. The molecule has 0 atom stereocenters. The van der Waals surface area contributed by atoms with E-state index in [1.54, 1.807) is 0 Å². The number of rotatable bonds is 1. The van der Waals surface area contributed by atoms with Gasteiger partial charge in [-0.25, -0.2) is 0 Å². The minimum Gasteiger partial charge on any atom is -0.371 e. The maximum absolute atomic E-state index is 11.5. The highest BCUT2D eigenvalue weighted by Crippen LogP contribution is 2.40. The molecule has 0 unspecified atom stereocenters. The second kappa shape index (κ2) is 4.67. The Morgan fingerprint density at radius 3 is 2.76 bits per heavy atom. The zero-order valence-corrected chi connectivity index (χ0v) is 12.5. The summed E-state index contributed by atoms with van der Waals surface area (Å²) in [5.74, 6) is 0.208. The van der Waals surface area contributed by atoms with Gasteiger partial charge in [0.25, 0.3) is 0 Å². The predicted molar refractivity (Wildman–Crippen MR) is 84.8 cm³/mol. The molecular formula is C16H18ClN3O. The van der Waals surface area contributed by atoms with Crippen LogP contribution in [0.1, 0.15) is 19.3 Å². The number of carbonyl (C=O) groups is 1. The van der Waals surface area contributed by atoms with E-state index in [0.29, 0.717) is 6.42 Å². The van der Waals surface area contributed by atoms with Gasteiger partial charge in [0.1, 0.15) is 0 Å². The molecule has 2 aromatic rings. The van der Waals surface area contributed by atoms with Crippen LogP contribution in [0.5, 0.6) is 0 Å². The third kappa shape index (κ3) is 2.18. The van der Waals surface area contributed by atoms with Crippen LogP contribution >= 0.6 is 11.6 Å². The van der Waals surface area contributed by atoms with Gasteiger partial charge in [-0.3, -0.25) is 4.79 Å². The molecule has 21 heavy (non-hydrogen) atoms. The molecule has 0 radical (unpaired) electrons. The van der Waals surface area contributed by atoms with Crippen LogP contribution in [0.2, 0.25) is 5.02 Å². The Kier molecular flexibility index (Phi) is 2.89. The predicted octanol–water partition coefficient (Wildman–Crippen LogP) is 2.93. The fourth-order valence-electron chi connectivity index (χ4n) is 3.70. The molecule has 1 aromatic carbocycles. The molecule has 0 saturated carbocycles. The topological polar surface area (TPSA) is 48.1 Å². The number of benzene rings is 1. The number of carbonyl (C=O) groups excluding carboxylic acids is 1. The van der Waals surface area contributed by atoms with Gasteiger partial charge in [0, 0.05) is 53.9 Å². The number of nitrogens with zero attached hydrogens (tertiary/aromatic N) is 1. The molecule has 1 aromatic heterocycles. The lowest BCUT2D eigenvalue weighted by Crippen LogP contribution is -2.41. The Hall–Kier alpha value is -1.68. The smallest absolute Gasteiger partial charge is 0.220 e. The van der Waals surface area contributed by atoms with Crippen molar-refractivity contribution in [3.8, 4) is 0 Å². The Bertz CT molecular complexity index is 701. The van der Waals surface area contributed by atoms with E-state index < -0.39 is 0 Å². The minimum atomic E-state index is 0.184. The molecule has 1 amide bonds. The van der Waals surface area contributed by atoms with Crippen molar-refractivity contribution in [3.05, 3.63) is 29.4 Å². The maximum atomic E-state index is 11.5. The van der Waals surface area contributed by atoms with Crippen LogP contribution in [0.3, 0.4) is 0 Å². The Balaban J connectivity index is 1.60. The molecule has 1 spiro atoms. The highest BCUT2D eigenvalue weighted by Gasteiger charge is 2.41. The van der Waals surface area contributed by atoms with E-state index in [1.165, 1.54) is 11.1 Å².